The van der Waals surface area contributed by atoms with E-state index in [0.717, 1.165) is 44.0 Å². The smallest absolute Gasteiger partial charge is 0.269 e. The molecule has 148 valence electrons. The van der Waals surface area contributed by atoms with Crippen LogP contribution in [0, 0.1) is 10.1 Å². The van der Waals surface area contributed by atoms with Gasteiger partial charge >= 0.3 is 0 Å². The molecule has 0 radical (unpaired) electrons. The Labute approximate surface area is 164 Å². The SMILES string of the molecule is COCc1cc([N+](=O)[O-])ccc1N1CC2OCCN(Cc3ccccc3)C2C1. The number of ether oxygens (including phenoxy) is 2. The highest BCUT2D eigenvalue weighted by atomic mass is 16.6. The number of morpholine rings is 1. The molecule has 0 spiro atoms. The summed E-state index contributed by atoms with van der Waals surface area (Å²) in [6.07, 6.45) is 0.142. The minimum Gasteiger partial charge on any atom is -0.380 e. The Bertz CT molecular complexity index is 830. The first-order valence-electron chi connectivity index (χ1n) is 9.56. The Morgan fingerprint density at radius 1 is 1.21 bits per heavy atom. The number of nitro benzene ring substituents is 1. The molecule has 2 saturated heterocycles. The molecular formula is C21H25N3O4. The first-order chi connectivity index (χ1) is 13.7. The summed E-state index contributed by atoms with van der Waals surface area (Å²) in [5.74, 6) is 0. The van der Waals surface area contributed by atoms with Gasteiger partial charge in [0.15, 0.2) is 0 Å². The van der Waals surface area contributed by atoms with Crippen LogP contribution in [0.4, 0.5) is 11.4 Å². The van der Waals surface area contributed by atoms with Crippen LogP contribution in [0.15, 0.2) is 48.5 Å². The molecule has 7 nitrogen and oxygen atoms in total. The third-order valence-corrected chi connectivity index (χ3v) is 5.56. The Kier molecular flexibility index (Phi) is 5.57. The summed E-state index contributed by atoms with van der Waals surface area (Å²) in [6.45, 7) is 4.51. The standard InChI is InChI=1S/C21H25N3O4/c1-27-15-17-11-18(24(25)26)7-8-19(17)23-13-20-21(14-23)28-10-9-22(20)12-16-5-3-2-4-6-16/h2-8,11,20-21H,9-10,12-15H2,1H3. The number of nitrogens with zero attached hydrogens (tertiary/aromatic N) is 3. The van der Waals surface area contributed by atoms with E-state index >= 15 is 0 Å². The molecule has 2 atom stereocenters. The lowest BCUT2D eigenvalue weighted by Crippen LogP contribution is -2.50. The number of non-ortho nitro benzene ring substituents is 1. The van der Waals surface area contributed by atoms with Gasteiger partial charge in [-0.1, -0.05) is 30.3 Å². The molecular weight excluding hydrogens is 358 g/mol. The van der Waals surface area contributed by atoms with Crippen LogP contribution >= 0.6 is 0 Å². The Morgan fingerprint density at radius 3 is 2.79 bits per heavy atom. The zero-order valence-corrected chi connectivity index (χ0v) is 16.0. The van der Waals surface area contributed by atoms with Gasteiger partial charge in [-0.3, -0.25) is 15.0 Å². The van der Waals surface area contributed by atoms with Gasteiger partial charge in [0, 0.05) is 56.7 Å². The van der Waals surface area contributed by atoms with Crippen molar-refractivity contribution < 1.29 is 14.4 Å². The molecule has 0 aliphatic carbocycles. The van der Waals surface area contributed by atoms with E-state index in [1.165, 1.54) is 5.56 Å². The number of hydrogen-bond acceptors (Lipinski definition) is 6. The molecule has 2 heterocycles. The summed E-state index contributed by atoms with van der Waals surface area (Å²) >= 11 is 0. The predicted octanol–water partition coefficient (Wildman–Crippen LogP) is 2.83. The van der Waals surface area contributed by atoms with Gasteiger partial charge in [-0.15, -0.1) is 0 Å². The molecule has 0 bridgehead atoms. The Balaban J connectivity index is 1.54. The van der Waals surface area contributed by atoms with Crippen LogP contribution in [-0.4, -0.2) is 55.3 Å². The quantitative estimate of drug-likeness (QED) is 0.564. The molecule has 7 heteroatoms. The van der Waals surface area contributed by atoms with Crippen molar-refractivity contribution in [1.29, 1.82) is 0 Å². The zero-order valence-electron chi connectivity index (χ0n) is 16.0. The number of fused-ring (bicyclic) bond motifs is 1. The maximum Gasteiger partial charge on any atom is 0.269 e. The van der Waals surface area contributed by atoms with E-state index in [1.807, 2.05) is 12.1 Å². The van der Waals surface area contributed by atoms with E-state index in [0.29, 0.717) is 12.6 Å². The topological polar surface area (TPSA) is 68.1 Å². The molecule has 4 rings (SSSR count). The second-order valence-corrected chi connectivity index (χ2v) is 7.34. The van der Waals surface area contributed by atoms with Gasteiger partial charge in [-0.05, 0) is 11.6 Å². The second kappa shape index (κ2) is 8.26. The summed E-state index contributed by atoms with van der Waals surface area (Å²) in [5, 5.41) is 11.1. The van der Waals surface area contributed by atoms with Gasteiger partial charge in [0.1, 0.15) is 0 Å². The van der Waals surface area contributed by atoms with Crippen LogP contribution in [0.3, 0.4) is 0 Å². The van der Waals surface area contributed by atoms with Crippen LogP contribution in [0.25, 0.3) is 0 Å². The monoisotopic (exact) mass is 383 g/mol. The van der Waals surface area contributed by atoms with Gasteiger partial charge in [0.25, 0.3) is 5.69 Å². The number of methoxy groups -OCH3 is 1. The fraction of sp³-hybridized carbons (Fsp3) is 0.429. The maximum atomic E-state index is 11.1. The molecule has 0 amide bonds. The largest absolute Gasteiger partial charge is 0.380 e. The average molecular weight is 383 g/mol. The average Bonchev–Trinajstić information content (AvgIpc) is 3.14. The second-order valence-electron chi connectivity index (χ2n) is 7.34. The van der Waals surface area contributed by atoms with E-state index in [1.54, 1.807) is 19.2 Å². The molecule has 28 heavy (non-hydrogen) atoms. The van der Waals surface area contributed by atoms with Crippen LogP contribution < -0.4 is 4.90 Å². The van der Waals surface area contributed by atoms with E-state index in [-0.39, 0.29) is 16.7 Å². The molecule has 0 aromatic heterocycles. The fourth-order valence-electron chi connectivity index (χ4n) is 4.23. The molecule has 2 aliphatic heterocycles. The zero-order chi connectivity index (χ0) is 19.5. The lowest BCUT2D eigenvalue weighted by atomic mass is 10.1. The lowest BCUT2D eigenvalue weighted by Gasteiger charge is -2.36. The number of nitro groups is 1. The first-order valence-corrected chi connectivity index (χ1v) is 9.56. The highest BCUT2D eigenvalue weighted by Gasteiger charge is 2.40. The summed E-state index contributed by atoms with van der Waals surface area (Å²) < 4.78 is 11.4. The van der Waals surface area contributed by atoms with Gasteiger partial charge in [0.2, 0.25) is 0 Å². The van der Waals surface area contributed by atoms with E-state index in [4.69, 9.17) is 9.47 Å². The van der Waals surface area contributed by atoms with Crippen molar-refractivity contribution in [3.05, 3.63) is 69.8 Å². The Morgan fingerprint density at radius 2 is 2.04 bits per heavy atom. The van der Waals surface area contributed by atoms with Crippen molar-refractivity contribution in [2.24, 2.45) is 0 Å². The summed E-state index contributed by atoms with van der Waals surface area (Å²) in [6, 6.07) is 15.8. The van der Waals surface area contributed by atoms with Crippen molar-refractivity contribution in [2.75, 3.05) is 38.3 Å². The third-order valence-electron chi connectivity index (χ3n) is 5.56. The van der Waals surface area contributed by atoms with Crippen molar-refractivity contribution in [2.45, 2.75) is 25.3 Å². The highest BCUT2D eigenvalue weighted by molar-refractivity contribution is 5.59. The lowest BCUT2D eigenvalue weighted by molar-refractivity contribution is -0.384. The van der Waals surface area contributed by atoms with Crippen molar-refractivity contribution in [3.63, 3.8) is 0 Å². The summed E-state index contributed by atoms with van der Waals surface area (Å²) in [5.41, 5.74) is 3.22. The molecule has 0 saturated carbocycles. The molecule has 2 aromatic rings. The van der Waals surface area contributed by atoms with Crippen LogP contribution in [-0.2, 0) is 22.6 Å². The third kappa shape index (κ3) is 3.87. The number of hydrogen-bond donors (Lipinski definition) is 0. The van der Waals surface area contributed by atoms with Gasteiger partial charge < -0.3 is 14.4 Å². The first kappa shape index (κ1) is 18.9. The molecule has 2 unspecified atom stereocenters. The number of rotatable bonds is 6. The highest BCUT2D eigenvalue weighted by Crippen LogP contribution is 2.32. The molecule has 2 aromatic carbocycles. The van der Waals surface area contributed by atoms with Gasteiger partial charge in [-0.2, -0.15) is 0 Å². The summed E-state index contributed by atoms with van der Waals surface area (Å²) in [4.78, 5) is 15.5. The van der Waals surface area contributed by atoms with Crippen LogP contribution in [0.5, 0.6) is 0 Å². The van der Waals surface area contributed by atoms with E-state index < -0.39 is 0 Å². The van der Waals surface area contributed by atoms with Crippen molar-refractivity contribution >= 4 is 11.4 Å². The number of anilines is 1. The van der Waals surface area contributed by atoms with Crippen LogP contribution in [0.2, 0.25) is 0 Å². The van der Waals surface area contributed by atoms with Gasteiger partial charge in [-0.25, -0.2) is 0 Å². The minimum absolute atomic E-state index is 0.0920. The van der Waals surface area contributed by atoms with Crippen molar-refractivity contribution in [3.8, 4) is 0 Å². The number of benzene rings is 2. The Hall–Kier alpha value is -2.48. The molecule has 0 N–H and O–H groups in total. The normalized spacial score (nSPS) is 22.2. The van der Waals surface area contributed by atoms with E-state index in [9.17, 15) is 10.1 Å². The predicted molar refractivity (Wildman–Crippen MR) is 106 cm³/mol. The van der Waals surface area contributed by atoms with Crippen LogP contribution in [0.1, 0.15) is 11.1 Å². The molecule has 2 fully saturated rings. The molecule has 2 aliphatic rings. The summed E-state index contributed by atoms with van der Waals surface area (Å²) in [7, 11) is 1.61. The van der Waals surface area contributed by atoms with E-state index in [2.05, 4.69) is 34.1 Å². The van der Waals surface area contributed by atoms with Crippen molar-refractivity contribution in [1.82, 2.24) is 4.90 Å². The fourth-order valence-corrected chi connectivity index (χ4v) is 4.23. The maximum absolute atomic E-state index is 11.1. The minimum atomic E-state index is -0.364. The van der Waals surface area contributed by atoms with Gasteiger partial charge in [0.05, 0.1) is 30.3 Å².